The van der Waals surface area contributed by atoms with Crippen molar-refractivity contribution in [1.82, 2.24) is 20.4 Å². The average molecular weight is 542 g/mol. The molecule has 0 bridgehead atoms. The van der Waals surface area contributed by atoms with E-state index in [0.29, 0.717) is 6.42 Å². The van der Waals surface area contributed by atoms with E-state index in [1.807, 2.05) is 4.90 Å². The average Bonchev–Trinajstić information content (AvgIpc) is 3.06. The molecule has 2 aliphatic rings. The van der Waals surface area contributed by atoms with Crippen molar-refractivity contribution < 1.29 is 4.79 Å². The summed E-state index contributed by atoms with van der Waals surface area (Å²) in [5.41, 5.74) is 2.67. The van der Waals surface area contributed by atoms with Gasteiger partial charge in [0.25, 0.3) is 0 Å². The van der Waals surface area contributed by atoms with Gasteiger partial charge in [0.2, 0.25) is 5.91 Å². The first-order chi connectivity index (χ1) is 14.8. The number of fused-ring (bicyclic) bond motifs is 1. The number of likely N-dealkylation sites (tertiary alicyclic amines) is 1. The maximum absolute atomic E-state index is 12.6. The lowest BCUT2D eigenvalue weighted by molar-refractivity contribution is -0.132. The Morgan fingerprint density at radius 3 is 2.35 bits per heavy atom. The lowest BCUT2D eigenvalue weighted by Gasteiger charge is -2.29. The Balaban J connectivity index is 0.00000341. The summed E-state index contributed by atoms with van der Waals surface area (Å²) >= 11 is 0. The van der Waals surface area contributed by atoms with Crippen LogP contribution in [0.4, 0.5) is 0 Å². The molecule has 6 nitrogen and oxygen atoms in total. The third-order valence-electron chi connectivity index (χ3n) is 6.21. The van der Waals surface area contributed by atoms with E-state index in [1.165, 1.54) is 49.9 Å². The number of carbonyl (C=O) groups excluding carboxylic acids is 1. The first kappa shape index (κ1) is 25.9. The second kappa shape index (κ2) is 14.7. The van der Waals surface area contributed by atoms with E-state index >= 15 is 0 Å². The molecule has 2 N–H and O–H groups in total. The van der Waals surface area contributed by atoms with E-state index in [4.69, 9.17) is 0 Å². The first-order valence-corrected chi connectivity index (χ1v) is 11.8. The van der Waals surface area contributed by atoms with E-state index in [9.17, 15) is 4.79 Å². The number of halogens is 1. The highest BCUT2D eigenvalue weighted by Gasteiger charge is 2.19. The highest BCUT2D eigenvalue weighted by atomic mass is 127. The molecule has 31 heavy (non-hydrogen) atoms. The van der Waals surface area contributed by atoms with E-state index in [0.717, 1.165) is 57.9 Å². The normalized spacial score (nSPS) is 17.3. The molecule has 0 spiro atoms. The molecule has 0 atom stereocenters. The van der Waals surface area contributed by atoms with Gasteiger partial charge in [-0.2, -0.15) is 0 Å². The van der Waals surface area contributed by atoms with Crippen LogP contribution in [0.25, 0.3) is 0 Å². The largest absolute Gasteiger partial charge is 0.356 e. The monoisotopic (exact) mass is 541 g/mol. The lowest BCUT2D eigenvalue weighted by atomic mass is 9.99. The summed E-state index contributed by atoms with van der Waals surface area (Å²) in [7, 11) is 1.81. The Labute approximate surface area is 205 Å². The fraction of sp³-hybridized carbons (Fsp3) is 0.667. The maximum Gasteiger partial charge on any atom is 0.222 e. The number of amides is 1. The summed E-state index contributed by atoms with van der Waals surface area (Å²) in [5.74, 6) is 1.09. The van der Waals surface area contributed by atoms with Crippen molar-refractivity contribution >= 4 is 35.8 Å². The van der Waals surface area contributed by atoms with Crippen LogP contribution in [0.5, 0.6) is 0 Å². The third-order valence-corrected chi connectivity index (χ3v) is 6.21. The molecule has 0 radical (unpaired) electrons. The zero-order valence-electron chi connectivity index (χ0n) is 19.1. The van der Waals surface area contributed by atoms with Crippen LogP contribution < -0.4 is 10.6 Å². The van der Waals surface area contributed by atoms with Crippen LogP contribution in [0.15, 0.2) is 29.3 Å². The van der Waals surface area contributed by atoms with Crippen molar-refractivity contribution in [3.63, 3.8) is 0 Å². The van der Waals surface area contributed by atoms with E-state index in [-0.39, 0.29) is 29.9 Å². The predicted molar refractivity (Wildman–Crippen MR) is 139 cm³/mol. The van der Waals surface area contributed by atoms with Gasteiger partial charge in [-0.3, -0.25) is 9.79 Å². The number of aliphatic imine (C=N–C) groups is 1. The van der Waals surface area contributed by atoms with Crippen molar-refractivity contribution in [2.75, 3.05) is 46.3 Å². The Morgan fingerprint density at radius 2 is 1.65 bits per heavy atom. The second-order valence-corrected chi connectivity index (χ2v) is 8.47. The zero-order chi connectivity index (χ0) is 21.0. The van der Waals surface area contributed by atoms with Gasteiger partial charge in [-0.1, -0.05) is 37.1 Å². The molecule has 0 aliphatic carbocycles. The smallest absolute Gasteiger partial charge is 0.222 e. The minimum absolute atomic E-state index is 0. The molecular formula is C24H40IN5O. The fourth-order valence-corrected chi connectivity index (χ4v) is 4.40. The van der Waals surface area contributed by atoms with Gasteiger partial charge in [0, 0.05) is 39.6 Å². The second-order valence-electron chi connectivity index (χ2n) is 8.47. The van der Waals surface area contributed by atoms with Gasteiger partial charge in [0.05, 0.1) is 0 Å². The number of hydrogen-bond acceptors (Lipinski definition) is 3. The van der Waals surface area contributed by atoms with Crippen LogP contribution in [0, 0.1) is 0 Å². The van der Waals surface area contributed by atoms with Gasteiger partial charge < -0.3 is 20.4 Å². The van der Waals surface area contributed by atoms with Crippen molar-refractivity contribution in [3.8, 4) is 0 Å². The number of nitrogens with zero attached hydrogens (tertiary/aromatic N) is 3. The Hall–Kier alpha value is -1.35. The molecule has 1 aromatic carbocycles. The molecule has 2 aliphatic heterocycles. The number of guanidine groups is 1. The number of nitrogens with one attached hydrogen (secondary N) is 2. The van der Waals surface area contributed by atoms with Crippen molar-refractivity contribution in [2.24, 2.45) is 4.99 Å². The molecule has 2 heterocycles. The standard InChI is InChI=1S/C24H39N5O.HI/c1-25-24(27-15-9-18-28-16-6-2-3-7-17-28)26-14-8-12-23(30)29-19-13-21-10-4-5-11-22(21)20-29;/h4-5,10-11H,2-3,6-9,12-20H2,1H3,(H2,25,26,27);1H. The first-order valence-electron chi connectivity index (χ1n) is 11.8. The minimum Gasteiger partial charge on any atom is -0.356 e. The highest BCUT2D eigenvalue weighted by molar-refractivity contribution is 14.0. The molecule has 0 aromatic heterocycles. The van der Waals surface area contributed by atoms with Crippen LogP contribution in [0.2, 0.25) is 0 Å². The molecule has 1 saturated heterocycles. The van der Waals surface area contributed by atoms with Crippen LogP contribution in [-0.2, 0) is 17.8 Å². The van der Waals surface area contributed by atoms with Crippen LogP contribution in [-0.4, -0.2) is 68.0 Å². The maximum atomic E-state index is 12.6. The summed E-state index contributed by atoms with van der Waals surface area (Å²) in [4.78, 5) is 21.5. The molecule has 1 fully saturated rings. The number of benzene rings is 1. The Morgan fingerprint density at radius 1 is 0.968 bits per heavy atom. The van der Waals surface area contributed by atoms with Crippen LogP contribution in [0.1, 0.15) is 56.1 Å². The SMILES string of the molecule is CN=C(NCCCC(=O)N1CCc2ccccc2C1)NCCCN1CCCCCC1.I. The molecule has 0 unspecified atom stereocenters. The van der Waals surface area contributed by atoms with Gasteiger partial charge in [-0.25, -0.2) is 0 Å². The Kier molecular flexibility index (Phi) is 12.3. The fourth-order valence-electron chi connectivity index (χ4n) is 4.40. The summed E-state index contributed by atoms with van der Waals surface area (Å²) in [6, 6.07) is 8.45. The predicted octanol–water partition coefficient (Wildman–Crippen LogP) is 3.40. The topological polar surface area (TPSA) is 60.0 Å². The van der Waals surface area contributed by atoms with Crippen LogP contribution >= 0.6 is 24.0 Å². The van der Waals surface area contributed by atoms with E-state index in [1.54, 1.807) is 7.05 Å². The zero-order valence-corrected chi connectivity index (χ0v) is 21.4. The summed E-state index contributed by atoms with van der Waals surface area (Å²) in [5, 5.41) is 6.75. The molecule has 1 aromatic rings. The number of carbonyl (C=O) groups is 1. The quantitative estimate of drug-likeness (QED) is 0.229. The summed E-state index contributed by atoms with van der Waals surface area (Å²) < 4.78 is 0. The Bertz CT molecular complexity index is 688. The minimum atomic E-state index is 0. The molecule has 1 amide bonds. The van der Waals surface area contributed by atoms with Gasteiger partial charge in [-0.05, 0) is 62.9 Å². The van der Waals surface area contributed by atoms with Crippen molar-refractivity contribution in [3.05, 3.63) is 35.4 Å². The molecular weight excluding hydrogens is 501 g/mol. The van der Waals surface area contributed by atoms with Gasteiger partial charge in [0.15, 0.2) is 5.96 Å². The molecule has 174 valence electrons. The number of rotatable bonds is 8. The summed E-state index contributed by atoms with van der Waals surface area (Å²) in [6.07, 6.45) is 8.98. The summed E-state index contributed by atoms with van der Waals surface area (Å²) in [6.45, 7) is 6.96. The molecule has 3 rings (SSSR count). The van der Waals surface area contributed by atoms with Gasteiger partial charge in [-0.15, -0.1) is 24.0 Å². The van der Waals surface area contributed by atoms with E-state index < -0.39 is 0 Å². The highest BCUT2D eigenvalue weighted by Crippen LogP contribution is 2.19. The third kappa shape index (κ3) is 8.96. The molecule has 0 saturated carbocycles. The van der Waals surface area contributed by atoms with Crippen LogP contribution in [0.3, 0.4) is 0 Å². The number of hydrogen-bond donors (Lipinski definition) is 2. The van der Waals surface area contributed by atoms with Crippen molar-refractivity contribution in [1.29, 1.82) is 0 Å². The van der Waals surface area contributed by atoms with Gasteiger partial charge in [0.1, 0.15) is 0 Å². The van der Waals surface area contributed by atoms with Crippen molar-refractivity contribution in [2.45, 2.75) is 57.9 Å². The molecule has 7 heteroatoms. The lowest BCUT2D eigenvalue weighted by Crippen LogP contribution is -2.40. The van der Waals surface area contributed by atoms with E-state index in [2.05, 4.69) is 44.8 Å². The van der Waals surface area contributed by atoms with Gasteiger partial charge >= 0.3 is 0 Å².